The van der Waals surface area contributed by atoms with Gasteiger partial charge >= 0.3 is 0 Å². The standard InChI is InChI=1S/C13H8Cl2NO/c14-10-3-1-9(2-4-10)13(17)16-12-7-5-11(15)6-8-12/h1-3,5-8H,(H,16,17). The average Bonchev–Trinajstić information content (AvgIpc) is 2.33. The lowest BCUT2D eigenvalue weighted by Gasteiger charge is -2.05. The Labute approximate surface area is 109 Å². The zero-order valence-corrected chi connectivity index (χ0v) is 10.2. The smallest absolute Gasteiger partial charge is 0.255 e. The molecule has 2 nitrogen and oxygen atoms in total. The molecule has 1 radical (unpaired) electrons. The van der Waals surface area contributed by atoms with E-state index in [1.165, 1.54) is 0 Å². The van der Waals surface area contributed by atoms with Crippen molar-refractivity contribution in [1.82, 2.24) is 0 Å². The lowest BCUT2D eigenvalue weighted by molar-refractivity contribution is 0.102. The van der Waals surface area contributed by atoms with Crippen molar-refractivity contribution in [1.29, 1.82) is 0 Å². The van der Waals surface area contributed by atoms with Crippen LogP contribution >= 0.6 is 23.2 Å². The Morgan fingerprint density at radius 2 is 1.76 bits per heavy atom. The normalized spacial score (nSPS) is 10.0. The number of benzene rings is 2. The summed E-state index contributed by atoms with van der Waals surface area (Å²) in [6.45, 7) is 0. The molecule has 0 unspecified atom stereocenters. The van der Waals surface area contributed by atoms with Crippen molar-refractivity contribution < 1.29 is 4.79 Å². The third-order valence-corrected chi connectivity index (χ3v) is 2.63. The molecule has 17 heavy (non-hydrogen) atoms. The van der Waals surface area contributed by atoms with Gasteiger partial charge in [-0.05, 0) is 42.5 Å². The molecule has 4 heteroatoms. The lowest BCUT2D eigenvalue weighted by Crippen LogP contribution is -2.11. The van der Waals surface area contributed by atoms with Crippen molar-refractivity contribution >= 4 is 34.8 Å². The second kappa shape index (κ2) is 5.21. The first kappa shape index (κ1) is 12.0. The first-order valence-corrected chi connectivity index (χ1v) is 5.65. The Bertz CT molecular complexity index is 520. The molecule has 0 atom stereocenters. The molecule has 0 aliphatic carbocycles. The summed E-state index contributed by atoms with van der Waals surface area (Å²) in [5.74, 6) is -0.208. The quantitative estimate of drug-likeness (QED) is 0.872. The van der Waals surface area contributed by atoms with Gasteiger partial charge in [0, 0.05) is 27.4 Å². The van der Waals surface area contributed by atoms with Crippen molar-refractivity contribution in [2.45, 2.75) is 0 Å². The van der Waals surface area contributed by atoms with Gasteiger partial charge in [0.25, 0.3) is 5.91 Å². The molecule has 2 aromatic rings. The zero-order valence-electron chi connectivity index (χ0n) is 8.71. The molecule has 0 fully saturated rings. The summed E-state index contributed by atoms with van der Waals surface area (Å²) >= 11 is 11.4. The van der Waals surface area contributed by atoms with Crippen LogP contribution < -0.4 is 5.32 Å². The van der Waals surface area contributed by atoms with E-state index in [4.69, 9.17) is 23.2 Å². The Hall–Kier alpha value is -1.51. The molecular weight excluding hydrogens is 257 g/mol. The maximum atomic E-state index is 11.8. The molecule has 1 N–H and O–H groups in total. The minimum atomic E-state index is -0.208. The Kier molecular flexibility index (Phi) is 3.67. The number of halogens is 2. The fourth-order valence-electron chi connectivity index (χ4n) is 1.28. The predicted octanol–water partition coefficient (Wildman–Crippen LogP) is 4.05. The van der Waals surface area contributed by atoms with E-state index in [-0.39, 0.29) is 5.91 Å². The first-order valence-electron chi connectivity index (χ1n) is 4.89. The second-order valence-electron chi connectivity index (χ2n) is 3.39. The summed E-state index contributed by atoms with van der Waals surface area (Å²) < 4.78 is 0. The summed E-state index contributed by atoms with van der Waals surface area (Å²) in [6.07, 6.45) is 0. The highest BCUT2D eigenvalue weighted by Crippen LogP contribution is 2.15. The Morgan fingerprint density at radius 3 is 2.35 bits per heavy atom. The van der Waals surface area contributed by atoms with E-state index >= 15 is 0 Å². The van der Waals surface area contributed by atoms with Gasteiger partial charge in [0.05, 0.1) is 0 Å². The molecular formula is C13H8Cl2NO. The summed E-state index contributed by atoms with van der Waals surface area (Å²) in [5, 5.41) is 3.85. The van der Waals surface area contributed by atoms with E-state index in [1.807, 2.05) is 0 Å². The zero-order chi connectivity index (χ0) is 12.3. The van der Waals surface area contributed by atoms with Gasteiger partial charge in [-0.25, -0.2) is 0 Å². The van der Waals surface area contributed by atoms with E-state index in [2.05, 4.69) is 11.4 Å². The minimum Gasteiger partial charge on any atom is -0.322 e. The molecule has 1 amide bonds. The van der Waals surface area contributed by atoms with Crippen molar-refractivity contribution in [3.8, 4) is 0 Å². The van der Waals surface area contributed by atoms with Crippen LogP contribution in [0.4, 0.5) is 5.69 Å². The van der Waals surface area contributed by atoms with Gasteiger partial charge in [0.15, 0.2) is 0 Å². The number of hydrogen-bond donors (Lipinski definition) is 1. The van der Waals surface area contributed by atoms with Gasteiger partial charge in [-0.2, -0.15) is 0 Å². The van der Waals surface area contributed by atoms with Crippen LogP contribution in [-0.4, -0.2) is 5.91 Å². The van der Waals surface area contributed by atoms with Gasteiger partial charge in [-0.15, -0.1) is 0 Å². The van der Waals surface area contributed by atoms with Crippen molar-refractivity contribution in [2.75, 3.05) is 5.32 Å². The summed E-state index contributed by atoms with van der Waals surface area (Å²) in [7, 11) is 0. The molecule has 0 aromatic heterocycles. The molecule has 0 saturated carbocycles. The van der Waals surface area contributed by atoms with Gasteiger partial charge < -0.3 is 5.32 Å². The lowest BCUT2D eigenvalue weighted by atomic mass is 10.2. The number of rotatable bonds is 2. The van der Waals surface area contributed by atoms with Crippen molar-refractivity contribution in [3.63, 3.8) is 0 Å². The van der Waals surface area contributed by atoms with Crippen LogP contribution in [0.15, 0.2) is 42.5 Å². The molecule has 0 heterocycles. The molecule has 0 aliphatic heterocycles. The van der Waals surface area contributed by atoms with Crippen molar-refractivity contribution in [3.05, 3.63) is 64.1 Å². The van der Waals surface area contributed by atoms with E-state index in [0.717, 1.165) is 0 Å². The predicted molar refractivity (Wildman–Crippen MR) is 69.7 cm³/mol. The highest BCUT2D eigenvalue weighted by atomic mass is 35.5. The van der Waals surface area contributed by atoms with Crippen LogP contribution in [0.3, 0.4) is 0 Å². The largest absolute Gasteiger partial charge is 0.322 e. The molecule has 0 bridgehead atoms. The van der Waals surface area contributed by atoms with Gasteiger partial charge in [-0.1, -0.05) is 23.2 Å². The highest BCUT2D eigenvalue weighted by molar-refractivity contribution is 6.31. The average molecular weight is 265 g/mol. The Balaban J connectivity index is 2.11. The summed E-state index contributed by atoms with van der Waals surface area (Å²) in [4.78, 5) is 11.8. The number of anilines is 1. The van der Waals surface area contributed by atoms with E-state index < -0.39 is 0 Å². The van der Waals surface area contributed by atoms with E-state index in [0.29, 0.717) is 21.3 Å². The van der Waals surface area contributed by atoms with E-state index in [1.54, 1.807) is 42.5 Å². The van der Waals surface area contributed by atoms with Crippen LogP contribution in [0.25, 0.3) is 0 Å². The monoisotopic (exact) mass is 264 g/mol. The van der Waals surface area contributed by atoms with Crippen LogP contribution in [0.5, 0.6) is 0 Å². The van der Waals surface area contributed by atoms with Crippen molar-refractivity contribution in [2.24, 2.45) is 0 Å². The number of nitrogens with one attached hydrogen (secondary N) is 1. The maximum absolute atomic E-state index is 11.8. The molecule has 2 aromatic carbocycles. The van der Waals surface area contributed by atoms with Crippen LogP contribution in [0.2, 0.25) is 10.0 Å². The third kappa shape index (κ3) is 3.22. The molecule has 0 spiro atoms. The van der Waals surface area contributed by atoms with Gasteiger partial charge in [-0.3, -0.25) is 4.79 Å². The Morgan fingerprint density at radius 1 is 1.06 bits per heavy atom. The topological polar surface area (TPSA) is 29.1 Å². The molecule has 0 saturated heterocycles. The highest BCUT2D eigenvalue weighted by Gasteiger charge is 2.05. The van der Waals surface area contributed by atoms with Gasteiger partial charge in [0.1, 0.15) is 0 Å². The SMILES string of the molecule is O=C(Nc1ccc(Cl)cc1)c1c[c]c(Cl)cc1. The van der Waals surface area contributed by atoms with Crippen LogP contribution in [0.1, 0.15) is 10.4 Å². The molecule has 2 rings (SSSR count). The number of amides is 1. The minimum absolute atomic E-state index is 0.208. The fraction of sp³-hybridized carbons (Fsp3) is 0. The van der Waals surface area contributed by atoms with Crippen LogP contribution in [0, 0.1) is 6.07 Å². The molecule has 85 valence electrons. The summed E-state index contributed by atoms with van der Waals surface area (Å²) in [6, 6.07) is 14.5. The maximum Gasteiger partial charge on any atom is 0.255 e. The first-order chi connectivity index (χ1) is 8.15. The molecule has 0 aliphatic rings. The van der Waals surface area contributed by atoms with E-state index in [9.17, 15) is 4.79 Å². The second-order valence-corrected chi connectivity index (χ2v) is 4.23. The number of carbonyl (C=O) groups excluding carboxylic acids is 1. The number of hydrogen-bond acceptors (Lipinski definition) is 1. The number of carbonyl (C=O) groups is 1. The van der Waals surface area contributed by atoms with Crippen LogP contribution in [-0.2, 0) is 0 Å². The third-order valence-electron chi connectivity index (χ3n) is 2.14. The van der Waals surface area contributed by atoms with Gasteiger partial charge in [0.2, 0.25) is 0 Å². The summed E-state index contributed by atoms with van der Waals surface area (Å²) in [5.41, 5.74) is 1.19. The fourth-order valence-corrected chi connectivity index (χ4v) is 1.53.